The molecule has 1 fully saturated rings. The van der Waals surface area contributed by atoms with Crippen LogP contribution in [0.25, 0.3) is 11.0 Å². The number of likely N-dealkylation sites (tertiary alicyclic amines) is 1. The predicted molar refractivity (Wildman–Crippen MR) is 83.6 cm³/mol. The number of aromatic amines is 1. The molecular formula is C17H15FN4O. The number of nitrogens with zero attached hydrogens (tertiary/aromatic N) is 3. The van der Waals surface area contributed by atoms with Crippen LogP contribution in [0, 0.1) is 5.82 Å². The molecular weight excluding hydrogens is 295 g/mol. The van der Waals surface area contributed by atoms with Crippen LogP contribution < -0.4 is 0 Å². The molecule has 1 unspecified atom stereocenters. The highest BCUT2D eigenvalue weighted by atomic mass is 19.1. The molecule has 23 heavy (non-hydrogen) atoms. The van der Waals surface area contributed by atoms with Gasteiger partial charge >= 0.3 is 0 Å². The first-order valence-electron chi connectivity index (χ1n) is 7.55. The number of benzene rings is 1. The van der Waals surface area contributed by atoms with Gasteiger partial charge in [-0.2, -0.15) is 0 Å². The minimum atomic E-state index is -0.439. The molecule has 116 valence electrons. The maximum Gasteiger partial charge on any atom is 0.256 e. The van der Waals surface area contributed by atoms with Crippen LogP contribution >= 0.6 is 0 Å². The van der Waals surface area contributed by atoms with Crippen molar-refractivity contribution in [2.24, 2.45) is 0 Å². The second-order valence-corrected chi connectivity index (χ2v) is 5.74. The molecule has 1 N–H and O–H groups in total. The van der Waals surface area contributed by atoms with Gasteiger partial charge in [0.1, 0.15) is 11.3 Å². The number of H-pyrrole nitrogens is 1. The van der Waals surface area contributed by atoms with E-state index in [1.165, 1.54) is 18.5 Å². The minimum absolute atomic E-state index is 0.181. The fourth-order valence-corrected chi connectivity index (χ4v) is 3.15. The van der Waals surface area contributed by atoms with Crippen molar-refractivity contribution in [3.63, 3.8) is 0 Å². The fraction of sp³-hybridized carbons (Fsp3) is 0.235. The first kappa shape index (κ1) is 13.9. The molecule has 3 heterocycles. The Bertz CT molecular complexity index is 861. The third-order valence-electron chi connectivity index (χ3n) is 4.30. The van der Waals surface area contributed by atoms with E-state index in [-0.39, 0.29) is 11.8 Å². The van der Waals surface area contributed by atoms with Gasteiger partial charge in [-0.15, -0.1) is 0 Å². The largest absolute Gasteiger partial charge is 0.344 e. The van der Waals surface area contributed by atoms with Crippen LogP contribution in [0.5, 0.6) is 0 Å². The Morgan fingerprint density at radius 3 is 3.04 bits per heavy atom. The van der Waals surface area contributed by atoms with Crippen molar-refractivity contribution in [2.75, 3.05) is 13.1 Å². The lowest BCUT2D eigenvalue weighted by atomic mass is 10.0. The molecule has 0 bridgehead atoms. The summed E-state index contributed by atoms with van der Waals surface area (Å²) in [6, 6.07) is 8.42. The number of carbonyl (C=O) groups is 1. The normalized spacial score (nSPS) is 17.8. The van der Waals surface area contributed by atoms with Crippen LogP contribution in [0.2, 0.25) is 0 Å². The van der Waals surface area contributed by atoms with Crippen LogP contribution in [-0.4, -0.2) is 38.8 Å². The summed E-state index contributed by atoms with van der Waals surface area (Å²) in [7, 11) is 0. The van der Waals surface area contributed by atoms with Crippen molar-refractivity contribution in [3.05, 3.63) is 59.9 Å². The topological polar surface area (TPSA) is 61.9 Å². The van der Waals surface area contributed by atoms with Crippen molar-refractivity contribution < 1.29 is 9.18 Å². The quantitative estimate of drug-likeness (QED) is 0.791. The van der Waals surface area contributed by atoms with Crippen LogP contribution in [0.1, 0.15) is 28.4 Å². The van der Waals surface area contributed by atoms with Crippen LogP contribution in [0.15, 0.2) is 42.9 Å². The third kappa shape index (κ3) is 2.46. The van der Waals surface area contributed by atoms with Gasteiger partial charge in [-0.25, -0.2) is 9.37 Å². The van der Waals surface area contributed by atoms with Gasteiger partial charge in [-0.3, -0.25) is 9.78 Å². The standard InChI is InChI=1S/C17H15FN4O/c18-12-7-13(16-15(8-12)20-10-21-16)17(23)22-6-4-11(9-22)14-3-1-2-5-19-14/h1-3,5,7-8,10-11H,4,6,9H2,(H,20,21). The van der Waals surface area contributed by atoms with Crippen LogP contribution in [0.4, 0.5) is 4.39 Å². The SMILES string of the molecule is O=C(c1cc(F)cc2[nH]cnc12)N1CCC(c2ccccn2)C1. The number of nitrogens with one attached hydrogen (secondary N) is 1. The van der Waals surface area contributed by atoms with Crippen LogP contribution in [0.3, 0.4) is 0 Å². The van der Waals surface area contributed by atoms with Crippen molar-refractivity contribution in [3.8, 4) is 0 Å². The number of imidazole rings is 1. The summed E-state index contributed by atoms with van der Waals surface area (Å²) in [5.41, 5.74) is 2.35. The number of hydrogen-bond acceptors (Lipinski definition) is 3. The lowest BCUT2D eigenvalue weighted by Gasteiger charge is -2.17. The zero-order valence-corrected chi connectivity index (χ0v) is 12.4. The van der Waals surface area contributed by atoms with Gasteiger partial charge in [0.05, 0.1) is 17.4 Å². The highest BCUT2D eigenvalue weighted by Crippen LogP contribution is 2.28. The summed E-state index contributed by atoms with van der Waals surface area (Å²) < 4.78 is 13.7. The van der Waals surface area contributed by atoms with Gasteiger partial charge in [0.15, 0.2) is 0 Å². The summed E-state index contributed by atoms with van der Waals surface area (Å²) in [5.74, 6) is -0.394. The molecule has 1 atom stereocenters. The molecule has 1 saturated heterocycles. The Kier molecular flexibility index (Phi) is 3.29. The summed E-state index contributed by atoms with van der Waals surface area (Å²) >= 11 is 0. The van der Waals surface area contributed by atoms with E-state index in [1.54, 1.807) is 11.1 Å². The molecule has 0 saturated carbocycles. The second kappa shape index (κ2) is 5.46. The lowest BCUT2D eigenvalue weighted by Crippen LogP contribution is -2.28. The fourth-order valence-electron chi connectivity index (χ4n) is 3.15. The molecule has 3 aromatic rings. The summed E-state index contributed by atoms with van der Waals surface area (Å²) in [4.78, 5) is 25.9. The molecule has 1 aromatic carbocycles. The van der Waals surface area contributed by atoms with Gasteiger partial charge in [-0.05, 0) is 30.7 Å². The zero-order valence-electron chi connectivity index (χ0n) is 12.4. The smallest absolute Gasteiger partial charge is 0.256 e. The molecule has 6 heteroatoms. The number of amides is 1. The number of aromatic nitrogens is 3. The van der Waals surface area contributed by atoms with Crippen LogP contribution in [-0.2, 0) is 0 Å². The van der Waals surface area contributed by atoms with E-state index in [4.69, 9.17) is 0 Å². The Balaban J connectivity index is 1.61. The Morgan fingerprint density at radius 2 is 2.22 bits per heavy atom. The van der Waals surface area contributed by atoms with E-state index in [2.05, 4.69) is 15.0 Å². The van der Waals surface area contributed by atoms with Gasteiger partial charge in [0, 0.05) is 30.9 Å². The zero-order chi connectivity index (χ0) is 15.8. The third-order valence-corrected chi connectivity index (χ3v) is 4.30. The maximum absolute atomic E-state index is 13.7. The van der Waals surface area contributed by atoms with E-state index in [9.17, 15) is 9.18 Å². The van der Waals surface area contributed by atoms with E-state index in [0.717, 1.165) is 12.1 Å². The number of hydrogen-bond donors (Lipinski definition) is 1. The molecule has 2 aromatic heterocycles. The first-order chi connectivity index (χ1) is 11.2. The molecule has 1 aliphatic rings. The monoisotopic (exact) mass is 310 g/mol. The predicted octanol–water partition coefficient (Wildman–Crippen LogP) is 2.73. The van der Waals surface area contributed by atoms with Crippen molar-refractivity contribution in [1.82, 2.24) is 19.9 Å². The van der Waals surface area contributed by atoms with Crippen molar-refractivity contribution in [1.29, 1.82) is 0 Å². The second-order valence-electron chi connectivity index (χ2n) is 5.74. The van der Waals surface area contributed by atoms with Gasteiger partial charge < -0.3 is 9.88 Å². The van der Waals surface area contributed by atoms with Crippen molar-refractivity contribution >= 4 is 16.9 Å². The molecule has 1 aliphatic heterocycles. The van der Waals surface area contributed by atoms with E-state index < -0.39 is 5.82 Å². The van der Waals surface area contributed by atoms with Gasteiger partial charge in [0.2, 0.25) is 0 Å². The Hall–Kier alpha value is -2.76. The molecule has 0 aliphatic carbocycles. The highest BCUT2D eigenvalue weighted by Gasteiger charge is 2.30. The molecule has 0 spiro atoms. The number of carbonyl (C=O) groups excluding carboxylic acids is 1. The number of fused-ring (bicyclic) bond motifs is 1. The summed E-state index contributed by atoms with van der Waals surface area (Å²) in [6.07, 6.45) is 4.10. The van der Waals surface area contributed by atoms with E-state index >= 15 is 0 Å². The van der Waals surface area contributed by atoms with E-state index in [1.807, 2.05) is 18.2 Å². The summed E-state index contributed by atoms with van der Waals surface area (Å²) in [6.45, 7) is 1.24. The lowest BCUT2D eigenvalue weighted by molar-refractivity contribution is 0.0792. The molecule has 0 radical (unpaired) electrons. The summed E-state index contributed by atoms with van der Waals surface area (Å²) in [5, 5.41) is 0. The minimum Gasteiger partial charge on any atom is -0.344 e. The Labute approximate surface area is 132 Å². The maximum atomic E-state index is 13.7. The Morgan fingerprint density at radius 1 is 1.30 bits per heavy atom. The molecule has 4 rings (SSSR count). The number of pyridine rings is 1. The highest BCUT2D eigenvalue weighted by molar-refractivity contribution is 6.04. The van der Waals surface area contributed by atoms with E-state index in [0.29, 0.717) is 29.7 Å². The van der Waals surface area contributed by atoms with Gasteiger partial charge in [0.25, 0.3) is 5.91 Å². The average molecular weight is 310 g/mol. The van der Waals surface area contributed by atoms with Crippen molar-refractivity contribution in [2.45, 2.75) is 12.3 Å². The first-order valence-corrected chi connectivity index (χ1v) is 7.55. The van der Waals surface area contributed by atoms with Gasteiger partial charge in [-0.1, -0.05) is 6.07 Å². The number of halogens is 1. The molecule has 5 nitrogen and oxygen atoms in total. The molecule has 1 amide bonds. The number of rotatable bonds is 2. The average Bonchev–Trinajstić information content (AvgIpc) is 3.23.